The maximum absolute atomic E-state index is 13.1. The Balaban J connectivity index is 2.00. The molecule has 2 rings (SSSR count). The van der Waals surface area contributed by atoms with E-state index in [0.29, 0.717) is 6.04 Å². The molecule has 0 heterocycles. The van der Waals surface area contributed by atoms with Gasteiger partial charge in [-0.3, -0.25) is 0 Å². The van der Waals surface area contributed by atoms with Crippen molar-refractivity contribution in [2.24, 2.45) is 11.8 Å². The van der Waals surface area contributed by atoms with Crippen molar-refractivity contribution in [2.45, 2.75) is 39.2 Å². The number of rotatable bonds is 6. The zero-order valence-corrected chi connectivity index (χ0v) is 11.8. The van der Waals surface area contributed by atoms with Gasteiger partial charge in [-0.05, 0) is 55.3 Å². The largest absolute Gasteiger partial charge is 0.313 e. The Hall–Kier alpha value is -0.600. The zero-order chi connectivity index (χ0) is 13.1. The van der Waals surface area contributed by atoms with Crippen molar-refractivity contribution in [3.05, 3.63) is 34.6 Å². The number of hydrogen-bond donors (Lipinski definition) is 1. The Morgan fingerprint density at radius 2 is 2.22 bits per heavy atom. The van der Waals surface area contributed by atoms with Gasteiger partial charge in [0.2, 0.25) is 0 Å². The zero-order valence-electron chi connectivity index (χ0n) is 11.0. The molecule has 0 aromatic heterocycles. The lowest BCUT2D eigenvalue weighted by atomic mass is 10.0. The standard InChI is InChI=1S/C15H21ClFN/c1-3-6-18-15(12-7-10(12)2)9-11-4-5-14(17)13(16)8-11/h4-5,8,10,12,15,18H,3,6-7,9H2,1-2H3. The van der Waals surface area contributed by atoms with Gasteiger partial charge in [-0.15, -0.1) is 0 Å². The van der Waals surface area contributed by atoms with E-state index in [2.05, 4.69) is 19.2 Å². The van der Waals surface area contributed by atoms with Crippen molar-refractivity contribution < 1.29 is 4.39 Å². The predicted molar refractivity (Wildman–Crippen MR) is 74.5 cm³/mol. The van der Waals surface area contributed by atoms with Gasteiger partial charge >= 0.3 is 0 Å². The molecule has 3 atom stereocenters. The normalized spacial score (nSPS) is 24.0. The van der Waals surface area contributed by atoms with Crippen LogP contribution in [0.15, 0.2) is 18.2 Å². The first-order valence-electron chi connectivity index (χ1n) is 6.79. The summed E-state index contributed by atoms with van der Waals surface area (Å²) in [4.78, 5) is 0. The van der Waals surface area contributed by atoms with Gasteiger partial charge in [-0.25, -0.2) is 4.39 Å². The Kier molecular flexibility index (Phi) is 4.63. The lowest BCUT2D eigenvalue weighted by molar-refractivity contribution is 0.443. The first kappa shape index (κ1) is 13.8. The van der Waals surface area contributed by atoms with Gasteiger partial charge in [0.15, 0.2) is 0 Å². The molecule has 1 nitrogen and oxygen atoms in total. The highest BCUT2D eigenvalue weighted by atomic mass is 35.5. The smallest absolute Gasteiger partial charge is 0.141 e. The molecule has 0 aliphatic heterocycles. The summed E-state index contributed by atoms with van der Waals surface area (Å²) in [7, 11) is 0. The summed E-state index contributed by atoms with van der Waals surface area (Å²) in [6.07, 6.45) is 3.38. The molecule has 0 amide bonds. The molecule has 0 radical (unpaired) electrons. The number of nitrogens with one attached hydrogen (secondary N) is 1. The first-order valence-corrected chi connectivity index (χ1v) is 7.17. The highest BCUT2D eigenvalue weighted by Gasteiger charge is 2.38. The summed E-state index contributed by atoms with van der Waals surface area (Å²) in [6, 6.07) is 5.56. The lowest BCUT2D eigenvalue weighted by Gasteiger charge is -2.19. The van der Waals surface area contributed by atoms with Crippen LogP contribution < -0.4 is 5.32 Å². The minimum atomic E-state index is -0.335. The molecule has 100 valence electrons. The maximum Gasteiger partial charge on any atom is 0.141 e. The second-order valence-corrected chi connectivity index (χ2v) is 5.80. The van der Waals surface area contributed by atoms with E-state index in [1.807, 2.05) is 6.07 Å². The van der Waals surface area contributed by atoms with Crippen molar-refractivity contribution in [2.75, 3.05) is 6.54 Å². The van der Waals surface area contributed by atoms with E-state index in [9.17, 15) is 4.39 Å². The highest BCUT2D eigenvalue weighted by Crippen LogP contribution is 2.41. The van der Waals surface area contributed by atoms with Crippen LogP contribution in [0.1, 0.15) is 32.3 Å². The summed E-state index contributed by atoms with van der Waals surface area (Å²) in [5.74, 6) is 1.24. The van der Waals surface area contributed by atoms with Crippen LogP contribution in [0, 0.1) is 17.7 Å². The highest BCUT2D eigenvalue weighted by molar-refractivity contribution is 6.30. The predicted octanol–water partition coefficient (Wildman–Crippen LogP) is 4.05. The topological polar surface area (TPSA) is 12.0 Å². The van der Waals surface area contributed by atoms with E-state index < -0.39 is 0 Å². The Morgan fingerprint density at radius 1 is 1.50 bits per heavy atom. The summed E-state index contributed by atoms with van der Waals surface area (Å²) >= 11 is 5.83. The van der Waals surface area contributed by atoms with E-state index in [-0.39, 0.29) is 10.8 Å². The second kappa shape index (κ2) is 6.03. The molecule has 1 N–H and O–H groups in total. The minimum Gasteiger partial charge on any atom is -0.313 e. The third-order valence-electron chi connectivity index (χ3n) is 3.78. The van der Waals surface area contributed by atoms with Gasteiger partial charge in [-0.1, -0.05) is 31.5 Å². The molecule has 1 fully saturated rings. The van der Waals surface area contributed by atoms with Crippen molar-refractivity contribution in [1.82, 2.24) is 5.32 Å². The van der Waals surface area contributed by atoms with Crippen LogP contribution in [0.3, 0.4) is 0 Å². The Morgan fingerprint density at radius 3 is 2.78 bits per heavy atom. The molecule has 3 unspecified atom stereocenters. The summed E-state index contributed by atoms with van der Waals surface area (Å²) in [5, 5.41) is 3.83. The van der Waals surface area contributed by atoms with Crippen LogP contribution >= 0.6 is 11.6 Å². The first-order chi connectivity index (χ1) is 8.61. The molecule has 1 aromatic rings. The van der Waals surface area contributed by atoms with Gasteiger partial charge in [0, 0.05) is 6.04 Å². The van der Waals surface area contributed by atoms with E-state index in [1.54, 1.807) is 6.07 Å². The van der Waals surface area contributed by atoms with Crippen LogP contribution in [0.5, 0.6) is 0 Å². The number of hydrogen-bond acceptors (Lipinski definition) is 1. The third kappa shape index (κ3) is 3.46. The Labute approximate surface area is 114 Å². The molecule has 3 heteroatoms. The summed E-state index contributed by atoms with van der Waals surface area (Å²) in [5.41, 5.74) is 1.12. The van der Waals surface area contributed by atoms with Crippen molar-refractivity contribution >= 4 is 11.6 Å². The monoisotopic (exact) mass is 269 g/mol. The minimum absolute atomic E-state index is 0.227. The van der Waals surface area contributed by atoms with E-state index in [0.717, 1.165) is 36.8 Å². The van der Waals surface area contributed by atoms with Gasteiger partial charge < -0.3 is 5.32 Å². The van der Waals surface area contributed by atoms with Gasteiger partial charge in [-0.2, -0.15) is 0 Å². The second-order valence-electron chi connectivity index (χ2n) is 5.39. The van der Waals surface area contributed by atoms with E-state index >= 15 is 0 Å². The SMILES string of the molecule is CCCNC(Cc1ccc(F)c(Cl)c1)C1CC1C. The molecule has 0 saturated heterocycles. The third-order valence-corrected chi connectivity index (χ3v) is 4.07. The maximum atomic E-state index is 13.1. The average molecular weight is 270 g/mol. The molecule has 1 saturated carbocycles. The lowest BCUT2D eigenvalue weighted by Crippen LogP contribution is -2.34. The molecular weight excluding hydrogens is 249 g/mol. The fourth-order valence-electron chi connectivity index (χ4n) is 2.54. The van der Waals surface area contributed by atoms with Gasteiger partial charge in [0.25, 0.3) is 0 Å². The average Bonchev–Trinajstić information content (AvgIpc) is 3.06. The Bertz CT molecular complexity index is 407. The molecule has 1 aromatic carbocycles. The van der Waals surface area contributed by atoms with E-state index in [1.165, 1.54) is 12.5 Å². The van der Waals surface area contributed by atoms with Gasteiger partial charge in [0.1, 0.15) is 5.82 Å². The molecule has 18 heavy (non-hydrogen) atoms. The fraction of sp³-hybridized carbons (Fsp3) is 0.600. The van der Waals surface area contributed by atoms with Crippen LogP contribution in [0.2, 0.25) is 5.02 Å². The van der Waals surface area contributed by atoms with E-state index in [4.69, 9.17) is 11.6 Å². The molecule has 0 spiro atoms. The summed E-state index contributed by atoms with van der Waals surface area (Å²) < 4.78 is 13.1. The van der Waals surface area contributed by atoms with Crippen molar-refractivity contribution in [1.29, 1.82) is 0 Å². The van der Waals surface area contributed by atoms with Crippen LogP contribution in [-0.2, 0) is 6.42 Å². The molecular formula is C15H21ClFN. The molecule has 1 aliphatic carbocycles. The molecule has 0 bridgehead atoms. The summed E-state index contributed by atoms with van der Waals surface area (Å²) in [6.45, 7) is 5.51. The number of benzene rings is 1. The van der Waals surface area contributed by atoms with Gasteiger partial charge in [0.05, 0.1) is 5.02 Å². The quantitative estimate of drug-likeness (QED) is 0.822. The van der Waals surface area contributed by atoms with Crippen molar-refractivity contribution in [3.8, 4) is 0 Å². The molecule has 1 aliphatic rings. The fourth-order valence-corrected chi connectivity index (χ4v) is 2.74. The van der Waals surface area contributed by atoms with Crippen LogP contribution in [0.25, 0.3) is 0 Å². The van der Waals surface area contributed by atoms with Crippen LogP contribution in [0.4, 0.5) is 4.39 Å². The van der Waals surface area contributed by atoms with Crippen LogP contribution in [-0.4, -0.2) is 12.6 Å². The van der Waals surface area contributed by atoms with Crippen molar-refractivity contribution in [3.63, 3.8) is 0 Å². The number of halogens is 2.